The summed E-state index contributed by atoms with van der Waals surface area (Å²) in [4.78, 5) is 17.3. The second-order valence-electron chi connectivity index (χ2n) is 3.53. The summed E-state index contributed by atoms with van der Waals surface area (Å²) in [5.41, 5.74) is 0.101. The van der Waals surface area contributed by atoms with E-state index in [1.54, 1.807) is 18.0 Å². The number of allylic oxidation sites excluding steroid dienone is 1. The van der Waals surface area contributed by atoms with Gasteiger partial charge >= 0.3 is 0 Å². The van der Waals surface area contributed by atoms with Gasteiger partial charge in [-0.05, 0) is 25.0 Å². The Kier molecular flexibility index (Phi) is 4.51. The molecule has 0 radical (unpaired) electrons. The van der Waals surface area contributed by atoms with Crippen molar-refractivity contribution in [2.75, 3.05) is 13.6 Å². The lowest BCUT2D eigenvalue weighted by Crippen LogP contribution is -2.28. The lowest BCUT2D eigenvalue weighted by atomic mass is 10.2. The van der Waals surface area contributed by atoms with Gasteiger partial charge in [0.05, 0.1) is 0 Å². The summed E-state index contributed by atoms with van der Waals surface area (Å²) in [6.07, 6.45) is 5.03. The first-order valence-electron chi connectivity index (χ1n) is 5.17. The summed E-state index contributed by atoms with van der Waals surface area (Å²) in [6.45, 7) is 4.24. The topological polar surface area (TPSA) is 53.4 Å². The molecule has 4 nitrogen and oxygen atoms in total. The molecule has 0 aliphatic carbocycles. The quantitative estimate of drug-likeness (QED) is 0.608. The van der Waals surface area contributed by atoms with Crippen LogP contribution in [0.15, 0.2) is 31.0 Å². The molecule has 0 unspecified atom stereocenters. The minimum Gasteiger partial charge on any atom is -0.505 e. The highest BCUT2D eigenvalue weighted by Gasteiger charge is 2.15. The van der Waals surface area contributed by atoms with Crippen LogP contribution in [0.25, 0.3) is 0 Å². The van der Waals surface area contributed by atoms with Crippen molar-refractivity contribution in [1.29, 1.82) is 0 Å². The van der Waals surface area contributed by atoms with Crippen molar-refractivity contribution in [3.63, 3.8) is 0 Å². The van der Waals surface area contributed by atoms with Crippen molar-refractivity contribution in [3.8, 4) is 5.75 Å². The number of aromatic nitrogens is 1. The molecule has 0 aliphatic heterocycles. The number of rotatable bonds is 5. The number of hydrogen-bond donors (Lipinski definition) is 1. The van der Waals surface area contributed by atoms with E-state index in [9.17, 15) is 9.90 Å². The highest BCUT2D eigenvalue weighted by atomic mass is 16.3. The van der Waals surface area contributed by atoms with E-state index in [0.717, 1.165) is 12.8 Å². The van der Waals surface area contributed by atoms with E-state index in [1.807, 2.05) is 6.08 Å². The molecule has 16 heavy (non-hydrogen) atoms. The third kappa shape index (κ3) is 3.08. The normalized spacial score (nSPS) is 9.81. The molecular weight excluding hydrogens is 204 g/mol. The smallest absolute Gasteiger partial charge is 0.276 e. The van der Waals surface area contributed by atoms with Gasteiger partial charge in [0, 0.05) is 19.8 Å². The third-order valence-electron chi connectivity index (χ3n) is 2.24. The maximum Gasteiger partial charge on any atom is 0.276 e. The van der Waals surface area contributed by atoms with Crippen molar-refractivity contribution in [2.45, 2.75) is 12.8 Å². The molecule has 1 N–H and O–H groups in total. The summed E-state index contributed by atoms with van der Waals surface area (Å²) < 4.78 is 0. The summed E-state index contributed by atoms with van der Waals surface area (Å²) >= 11 is 0. The molecule has 0 fully saturated rings. The number of amides is 1. The minimum atomic E-state index is -0.262. The van der Waals surface area contributed by atoms with Crippen LogP contribution in [0, 0.1) is 0 Å². The van der Waals surface area contributed by atoms with Crippen LogP contribution >= 0.6 is 0 Å². The van der Waals surface area contributed by atoms with E-state index >= 15 is 0 Å². The number of carbonyl (C=O) groups is 1. The molecule has 0 aliphatic rings. The van der Waals surface area contributed by atoms with Gasteiger partial charge in [0.2, 0.25) is 0 Å². The summed E-state index contributed by atoms with van der Waals surface area (Å²) in [5, 5.41) is 9.48. The number of pyridine rings is 1. The fourth-order valence-electron chi connectivity index (χ4n) is 1.32. The van der Waals surface area contributed by atoms with E-state index in [1.165, 1.54) is 12.3 Å². The molecule has 0 saturated heterocycles. The Morgan fingerprint density at radius 2 is 2.44 bits per heavy atom. The maximum absolute atomic E-state index is 11.8. The predicted molar refractivity (Wildman–Crippen MR) is 62.3 cm³/mol. The third-order valence-corrected chi connectivity index (χ3v) is 2.24. The van der Waals surface area contributed by atoms with Crippen LogP contribution in [0.5, 0.6) is 5.75 Å². The zero-order chi connectivity index (χ0) is 12.0. The van der Waals surface area contributed by atoms with Gasteiger partial charge in [-0.1, -0.05) is 6.08 Å². The Bertz CT molecular complexity index is 377. The highest BCUT2D eigenvalue weighted by molar-refractivity contribution is 5.94. The van der Waals surface area contributed by atoms with Gasteiger partial charge in [-0.25, -0.2) is 4.98 Å². The highest BCUT2D eigenvalue weighted by Crippen LogP contribution is 2.14. The second-order valence-corrected chi connectivity index (χ2v) is 3.53. The van der Waals surface area contributed by atoms with Crippen LogP contribution in [0.1, 0.15) is 23.3 Å². The predicted octanol–water partition coefficient (Wildman–Crippen LogP) is 1.83. The Labute approximate surface area is 95.2 Å². The average Bonchev–Trinajstić information content (AvgIpc) is 2.29. The summed E-state index contributed by atoms with van der Waals surface area (Å²) in [5.74, 6) is -0.342. The number of hydrogen-bond acceptors (Lipinski definition) is 3. The van der Waals surface area contributed by atoms with Gasteiger partial charge in [-0.2, -0.15) is 0 Å². The van der Waals surface area contributed by atoms with E-state index in [4.69, 9.17) is 0 Å². The molecule has 0 atom stereocenters. The standard InChI is InChI=1S/C12H16N2O2/c1-3-4-5-9-14(2)12(16)11-10(15)7-6-8-13-11/h3,6-8,15H,1,4-5,9H2,2H3. The summed E-state index contributed by atoms with van der Waals surface area (Å²) in [6, 6.07) is 3.04. The van der Waals surface area contributed by atoms with Gasteiger partial charge in [0.1, 0.15) is 5.75 Å². The molecule has 0 bridgehead atoms. The van der Waals surface area contributed by atoms with Crippen molar-refractivity contribution in [2.24, 2.45) is 0 Å². The van der Waals surface area contributed by atoms with Gasteiger partial charge < -0.3 is 10.0 Å². The van der Waals surface area contributed by atoms with Crippen LogP contribution in [0.2, 0.25) is 0 Å². The lowest BCUT2D eigenvalue weighted by Gasteiger charge is -2.16. The first-order chi connectivity index (χ1) is 7.66. The maximum atomic E-state index is 11.8. The average molecular weight is 220 g/mol. The Morgan fingerprint density at radius 3 is 3.06 bits per heavy atom. The van der Waals surface area contributed by atoms with Crippen LogP contribution in [0.4, 0.5) is 0 Å². The molecule has 86 valence electrons. The SMILES string of the molecule is C=CCCCN(C)C(=O)c1ncccc1O. The fourth-order valence-corrected chi connectivity index (χ4v) is 1.32. The Morgan fingerprint density at radius 1 is 1.69 bits per heavy atom. The molecule has 0 spiro atoms. The van der Waals surface area contributed by atoms with Crippen molar-refractivity contribution >= 4 is 5.91 Å². The zero-order valence-corrected chi connectivity index (χ0v) is 9.39. The van der Waals surface area contributed by atoms with Gasteiger partial charge in [0.25, 0.3) is 5.91 Å². The van der Waals surface area contributed by atoms with Crippen molar-refractivity contribution in [3.05, 3.63) is 36.7 Å². The Balaban J connectivity index is 2.63. The van der Waals surface area contributed by atoms with Crippen LogP contribution in [-0.2, 0) is 0 Å². The molecule has 1 heterocycles. The van der Waals surface area contributed by atoms with Gasteiger partial charge in [-0.3, -0.25) is 4.79 Å². The van der Waals surface area contributed by atoms with Crippen LogP contribution < -0.4 is 0 Å². The molecule has 4 heteroatoms. The molecule has 1 aromatic heterocycles. The van der Waals surface area contributed by atoms with Crippen molar-refractivity contribution in [1.82, 2.24) is 9.88 Å². The fraction of sp³-hybridized carbons (Fsp3) is 0.333. The van der Waals surface area contributed by atoms with Gasteiger partial charge in [-0.15, -0.1) is 6.58 Å². The second kappa shape index (κ2) is 5.90. The minimum absolute atomic E-state index is 0.0805. The molecule has 1 aromatic rings. The number of aromatic hydroxyl groups is 1. The number of carbonyl (C=O) groups excluding carboxylic acids is 1. The zero-order valence-electron chi connectivity index (χ0n) is 9.39. The van der Waals surface area contributed by atoms with Gasteiger partial charge in [0.15, 0.2) is 5.69 Å². The van der Waals surface area contributed by atoms with E-state index < -0.39 is 0 Å². The Hall–Kier alpha value is -1.84. The van der Waals surface area contributed by atoms with Crippen LogP contribution in [0.3, 0.4) is 0 Å². The molecule has 0 aromatic carbocycles. The largest absolute Gasteiger partial charge is 0.505 e. The first-order valence-corrected chi connectivity index (χ1v) is 5.17. The molecular formula is C12H16N2O2. The van der Waals surface area contributed by atoms with E-state index in [0.29, 0.717) is 6.54 Å². The number of nitrogens with zero attached hydrogens (tertiary/aromatic N) is 2. The molecule has 1 amide bonds. The summed E-state index contributed by atoms with van der Waals surface area (Å²) in [7, 11) is 1.69. The van der Waals surface area contributed by atoms with E-state index in [-0.39, 0.29) is 17.4 Å². The number of unbranched alkanes of at least 4 members (excludes halogenated alkanes) is 1. The van der Waals surface area contributed by atoms with Crippen molar-refractivity contribution < 1.29 is 9.90 Å². The first kappa shape index (κ1) is 12.2. The van der Waals surface area contributed by atoms with E-state index in [2.05, 4.69) is 11.6 Å². The monoisotopic (exact) mass is 220 g/mol. The molecule has 1 rings (SSSR count). The molecule has 0 saturated carbocycles. The van der Waals surface area contributed by atoms with Crippen LogP contribution in [-0.4, -0.2) is 34.5 Å². The lowest BCUT2D eigenvalue weighted by molar-refractivity contribution is 0.0784.